The lowest BCUT2D eigenvalue weighted by Crippen LogP contribution is -2.08. The number of rotatable bonds is 9. The second-order valence-electron chi connectivity index (χ2n) is 10.1. The number of hydrogen-bond acceptors (Lipinski definition) is 8. The van der Waals surface area contributed by atoms with E-state index in [1.165, 1.54) is 41.1 Å². The van der Waals surface area contributed by atoms with E-state index in [-0.39, 0.29) is 23.4 Å². The van der Waals surface area contributed by atoms with Crippen LogP contribution in [0.15, 0.2) is 65.1 Å². The fraction of sp³-hybridized carbons (Fsp3) is 0.258. The van der Waals surface area contributed by atoms with Gasteiger partial charge in [0.05, 0.1) is 28.1 Å². The van der Waals surface area contributed by atoms with Gasteiger partial charge in [-0.15, -0.1) is 21.5 Å². The molecule has 1 atom stereocenters. The topological polar surface area (TPSA) is 93.3 Å². The van der Waals surface area contributed by atoms with Gasteiger partial charge >= 0.3 is 0 Å². The van der Waals surface area contributed by atoms with Crippen LogP contribution in [-0.4, -0.2) is 43.2 Å². The van der Waals surface area contributed by atoms with Gasteiger partial charge in [0.2, 0.25) is 0 Å². The van der Waals surface area contributed by atoms with Crippen molar-refractivity contribution in [2.45, 2.75) is 49.6 Å². The molecule has 0 saturated carbocycles. The minimum absolute atomic E-state index is 0.00364. The molecule has 10 heteroatoms. The van der Waals surface area contributed by atoms with Crippen LogP contribution in [-0.2, 0) is 36.2 Å². The number of thiazole rings is 1. The molecule has 210 valence electrons. The van der Waals surface area contributed by atoms with Gasteiger partial charge in [0.15, 0.2) is 11.0 Å². The lowest BCUT2D eigenvalue weighted by atomic mass is 10.0. The molecule has 2 heterocycles. The van der Waals surface area contributed by atoms with Gasteiger partial charge < -0.3 is 14.9 Å². The van der Waals surface area contributed by atoms with Crippen LogP contribution in [0.5, 0.6) is 11.5 Å². The zero-order valence-corrected chi connectivity index (χ0v) is 24.3. The van der Waals surface area contributed by atoms with Crippen LogP contribution in [0.3, 0.4) is 0 Å². The van der Waals surface area contributed by atoms with Crippen LogP contribution in [0.2, 0.25) is 0 Å². The number of halogens is 1. The first kappa shape index (κ1) is 27.4. The zero-order valence-electron chi connectivity index (χ0n) is 22.7. The molecule has 3 aromatic carbocycles. The Kier molecular flexibility index (Phi) is 7.79. The molecular weight excluding hydrogens is 559 g/mol. The third-order valence-electron chi connectivity index (χ3n) is 7.36. The summed E-state index contributed by atoms with van der Waals surface area (Å²) in [5, 5.41) is 34.4. The highest BCUT2D eigenvalue weighted by atomic mass is 32.2. The summed E-state index contributed by atoms with van der Waals surface area (Å²) in [6, 6.07) is 15.8. The maximum Gasteiger partial charge on any atom is 0.196 e. The second-order valence-corrected chi connectivity index (χ2v) is 12.1. The number of benzene rings is 3. The maximum absolute atomic E-state index is 13.3. The van der Waals surface area contributed by atoms with Gasteiger partial charge in [-0.1, -0.05) is 30.0 Å². The van der Waals surface area contributed by atoms with E-state index in [1.54, 1.807) is 36.6 Å². The van der Waals surface area contributed by atoms with Crippen molar-refractivity contribution in [1.29, 1.82) is 0 Å². The number of fused-ring (bicyclic) bond motifs is 1. The number of aromatic nitrogens is 4. The molecule has 0 saturated heterocycles. The summed E-state index contributed by atoms with van der Waals surface area (Å²) in [5.41, 5.74) is 6.41. The van der Waals surface area contributed by atoms with Crippen molar-refractivity contribution in [1.82, 2.24) is 19.7 Å². The Bertz CT molecular complexity index is 1700. The van der Waals surface area contributed by atoms with Crippen LogP contribution in [0, 0.1) is 12.7 Å². The van der Waals surface area contributed by atoms with E-state index in [1.807, 2.05) is 22.9 Å². The number of methoxy groups -OCH3 is 1. The smallest absolute Gasteiger partial charge is 0.196 e. The lowest BCUT2D eigenvalue weighted by Gasteiger charge is -2.14. The Hall–Kier alpha value is -3.73. The van der Waals surface area contributed by atoms with Gasteiger partial charge in [0.25, 0.3) is 0 Å². The van der Waals surface area contributed by atoms with Crippen LogP contribution >= 0.6 is 23.1 Å². The molecule has 0 fully saturated rings. The molecule has 1 aliphatic rings. The summed E-state index contributed by atoms with van der Waals surface area (Å²) in [5.74, 6) is 0.725. The van der Waals surface area contributed by atoms with Gasteiger partial charge in [-0.25, -0.2) is 9.37 Å². The molecule has 6 rings (SSSR count). The molecule has 0 spiro atoms. The third kappa shape index (κ3) is 5.86. The monoisotopic (exact) mass is 588 g/mol. The van der Waals surface area contributed by atoms with E-state index < -0.39 is 0 Å². The highest BCUT2D eigenvalue weighted by Gasteiger charge is 2.25. The normalized spacial score (nSPS) is 14.5. The number of aromatic hydroxyl groups is 2. The van der Waals surface area contributed by atoms with Gasteiger partial charge in [-0.3, -0.25) is 4.57 Å². The molecule has 0 radical (unpaired) electrons. The number of hydrogen-bond donors (Lipinski definition) is 2. The van der Waals surface area contributed by atoms with E-state index in [4.69, 9.17) is 4.74 Å². The molecule has 41 heavy (non-hydrogen) atoms. The molecule has 0 amide bonds. The third-order valence-corrected chi connectivity index (χ3v) is 9.14. The Labute approximate surface area is 245 Å². The molecule has 2 N–H and O–H groups in total. The van der Waals surface area contributed by atoms with E-state index in [0.717, 1.165) is 34.8 Å². The molecule has 1 aliphatic carbocycles. The second kappa shape index (κ2) is 11.6. The Morgan fingerprint density at radius 1 is 1.00 bits per heavy atom. The summed E-state index contributed by atoms with van der Waals surface area (Å²) in [7, 11) is 1.74. The number of phenols is 2. The lowest BCUT2D eigenvalue weighted by molar-refractivity contribution is 0.112. The fourth-order valence-electron chi connectivity index (χ4n) is 5.19. The van der Waals surface area contributed by atoms with E-state index in [9.17, 15) is 14.6 Å². The zero-order chi connectivity index (χ0) is 28.5. The van der Waals surface area contributed by atoms with Crippen LogP contribution in [0.1, 0.15) is 33.0 Å². The van der Waals surface area contributed by atoms with Crippen molar-refractivity contribution in [2.24, 2.45) is 0 Å². The standard InChI is InChI=1S/C31H29FN4O3S2/c1-18-33-24(16-40-18)17-41-31-35-34-30(36(31)25-10-7-20-12-26(39-2)13-22(20)11-25)27-14-21(28(37)15-29(27)38)6-3-19-4-8-23(32)9-5-19/h4-5,7-11,14-16,26,37-38H,3,6,12-13,17H2,1-2H3. The Morgan fingerprint density at radius 3 is 2.56 bits per heavy atom. The van der Waals surface area contributed by atoms with E-state index in [2.05, 4.69) is 27.3 Å². The van der Waals surface area contributed by atoms with Gasteiger partial charge in [0.1, 0.15) is 17.3 Å². The van der Waals surface area contributed by atoms with Crippen molar-refractivity contribution in [3.63, 3.8) is 0 Å². The summed E-state index contributed by atoms with van der Waals surface area (Å²) in [6.07, 6.45) is 2.97. The highest BCUT2D eigenvalue weighted by Crippen LogP contribution is 2.38. The first-order chi connectivity index (χ1) is 19.9. The largest absolute Gasteiger partial charge is 0.508 e. The number of phenolic OH excluding ortho intramolecular Hbond substituents is 2. The molecule has 2 aromatic heterocycles. The van der Waals surface area contributed by atoms with Crippen molar-refractivity contribution in [3.05, 3.63) is 98.7 Å². The van der Waals surface area contributed by atoms with Crippen molar-refractivity contribution in [3.8, 4) is 28.6 Å². The predicted octanol–water partition coefficient (Wildman–Crippen LogP) is 6.44. The molecule has 5 aromatic rings. The summed E-state index contributed by atoms with van der Waals surface area (Å²) < 4.78 is 20.9. The van der Waals surface area contributed by atoms with Crippen LogP contribution in [0.25, 0.3) is 17.1 Å². The summed E-state index contributed by atoms with van der Waals surface area (Å²) in [6.45, 7) is 1.98. The molecular formula is C31H29FN4O3S2. The summed E-state index contributed by atoms with van der Waals surface area (Å²) >= 11 is 3.14. The van der Waals surface area contributed by atoms with Crippen molar-refractivity contribution in [2.75, 3.05) is 7.11 Å². The average Bonchev–Trinajstić information content (AvgIpc) is 3.69. The number of ether oxygens (including phenoxy) is 1. The molecule has 1 unspecified atom stereocenters. The van der Waals surface area contributed by atoms with Gasteiger partial charge in [0, 0.05) is 24.3 Å². The Balaban J connectivity index is 1.38. The van der Waals surface area contributed by atoms with Crippen molar-refractivity contribution >= 4 is 23.1 Å². The van der Waals surface area contributed by atoms with E-state index in [0.29, 0.717) is 40.7 Å². The SMILES string of the molecule is COC1Cc2ccc(-n3c(SCc4csc(C)n4)nnc3-c3cc(CCc4ccc(F)cc4)c(O)cc3O)cc2C1. The number of aryl methyl sites for hydroxylation is 3. The first-order valence-corrected chi connectivity index (χ1v) is 15.2. The van der Waals surface area contributed by atoms with Gasteiger partial charge in [-0.05, 0) is 85.2 Å². The van der Waals surface area contributed by atoms with Crippen LogP contribution in [0.4, 0.5) is 4.39 Å². The summed E-state index contributed by atoms with van der Waals surface area (Å²) in [4.78, 5) is 4.58. The quantitative estimate of drug-likeness (QED) is 0.191. The number of thioether (sulfide) groups is 1. The van der Waals surface area contributed by atoms with E-state index >= 15 is 0 Å². The van der Waals surface area contributed by atoms with Gasteiger partial charge in [-0.2, -0.15) is 0 Å². The molecule has 0 aliphatic heterocycles. The Morgan fingerprint density at radius 2 is 1.80 bits per heavy atom. The number of nitrogens with zero attached hydrogens (tertiary/aromatic N) is 4. The first-order valence-electron chi connectivity index (χ1n) is 13.3. The average molecular weight is 589 g/mol. The fourth-order valence-corrected chi connectivity index (χ4v) is 6.75. The minimum atomic E-state index is -0.286. The van der Waals surface area contributed by atoms with Crippen LogP contribution < -0.4 is 0 Å². The highest BCUT2D eigenvalue weighted by molar-refractivity contribution is 7.98. The molecule has 0 bridgehead atoms. The maximum atomic E-state index is 13.3. The predicted molar refractivity (Wildman–Crippen MR) is 159 cm³/mol. The van der Waals surface area contributed by atoms with Crippen molar-refractivity contribution < 1.29 is 19.3 Å². The minimum Gasteiger partial charge on any atom is -0.508 e. The molecule has 7 nitrogen and oxygen atoms in total.